The molecular formula is C21H24NO3+. The van der Waals surface area contributed by atoms with Crippen molar-refractivity contribution in [3.05, 3.63) is 48.2 Å². The van der Waals surface area contributed by atoms with Gasteiger partial charge in [0.2, 0.25) is 12.1 Å². The number of pyridine rings is 1. The number of esters is 1. The van der Waals surface area contributed by atoms with Crippen molar-refractivity contribution in [2.75, 3.05) is 7.11 Å². The molecule has 1 heterocycles. The van der Waals surface area contributed by atoms with E-state index in [0.717, 1.165) is 27.4 Å². The van der Waals surface area contributed by atoms with Crippen LogP contribution in [0, 0.1) is 6.92 Å². The highest BCUT2D eigenvalue weighted by Crippen LogP contribution is 2.27. The molecule has 0 spiro atoms. The molecule has 0 saturated heterocycles. The van der Waals surface area contributed by atoms with E-state index in [2.05, 4.69) is 31.2 Å². The number of nitrogens with zero attached hydrogens (tertiary/aromatic N) is 1. The number of carbonyl (C=O) groups excluding carboxylic acids is 1. The van der Waals surface area contributed by atoms with Gasteiger partial charge in [-0.15, -0.1) is 0 Å². The lowest BCUT2D eigenvalue weighted by Crippen LogP contribution is -2.41. The Bertz CT molecular complexity index is 955. The van der Waals surface area contributed by atoms with Crippen molar-refractivity contribution >= 4 is 27.6 Å². The first kappa shape index (κ1) is 17.2. The standard InChI is InChI=1S/C21H24NO3/c1-14-6-9-19-18(10-14)17-8-7-16(24-5)11-15(17)12-22(19)13-20(23)25-21(2,3)4/h6-12H,13H2,1-5H3/q+1. The van der Waals surface area contributed by atoms with Crippen molar-refractivity contribution in [2.24, 2.45) is 0 Å². The van der Waals surface area contributed by atoms with Crippen LogP contribution >= 0.6 is 0 Å². The molecule has 4 heteroatoms. The van der Waals surface area contributed by atoms with Crippen LogP contribution in [-0.2, 0) is 16.1 Å². The van der Waals surface area contributed by atoms with Crippen LogP contribution in [0.2, 0.25) is 0 Å². The van der Waals surface area contributed by atoms with Crippen LogP contribution in [-0.4, -0.2) is 18.7 Å². The molecule has 0 fully saturated rings. The largest absolute Gasteiger partial charge is 0.497 e. The molecule has 4 nitrogen and oxygen atoms in total. The van der Waals surface area contributed by atoms with E-state index in [0.29, 0.717) is 0 Å². The molecule has 0 unspecified atom stereocenters. The van der Waals surface area contributed by atoms with Gasteiger partial charge in [0.1, 0.15) is 11.4 Å². The number of rotatable bonds is 3. The van der Waals surface area contributed by atoms with E-state index in [9.17, 15) is 4.79 Å². The Kier molecular flexibility index (Phi) is 4.38. The molecule has 0 bridgehead atoms. The van der Waals surface area contributed by atoms with E-state index in [1.54, 1.807) is 7.11 Å². The summed E-state index contributed by atoms with van der Waals surface area (Å²) < 4.78 is 12.8. The Labute approximate surface area is 148 Å². The third-order valence-corrected chi connectivity index (χ3v) is 4.02. The van der Waals surface area contributed by atoms with Crippen molar-refractivity contribution in [1.82, 2.24) is 0 Å². The monoisotopic (exact) mass is 338 g/mol. The predicted octanol–water partition coefficient (Wildman–Crippen LogP) is 3.94. The third kappa shape index (κ3) is 3.73. The van der Waals surface area contributed by atoms with E-state index in [4.69, 9.17) is 9.47 Å². The predicted molar refractivity (Wildman–Crippen MR) is 98.8 cm³/mol. The minimum Gasteiger partial charge on any atom is -0.497 e. The van der Waals surface area contributed by atoms with Crippen molar-refractivity contribution < 1.29 is 18.8 Å². The van der Waals surface area contributed by atoms with E-state index in [1.807, 2.05) is 43.7 Å². The van der Waals surface area contributed by atoms with Gasteiger partial charge in [-0.2, -0.15) is 4.57 Å². The van der Waals surface area contributed by atoms with Gasteiger partial charge in [-0.1, -0.05) is 11.6 Å². The summed E-state index contributed by atoms with van der Waals surface area (Å²) in [5.41, 5.74) is 1.69. The maximum absolute atomic E-state index is 12.3. The first-order valence-corrected chi connectivity index (χ1v) is 8.39. The number of hydrogen-bond acceptors (Lipinski definition) is 3. The van der Waals surface area contributed by atoms with E-state index >= 15 is 0 Å². The molecule has 0 N–H and O–H groups in total. The Morgan fingerprint density at radius 3 is 2.52 bits per heavy atom. The second kappa shape index (κ2) is 6.36. The summed E-state index contributed by atoms with van der Waals surface area (Å²) in [4.78, 5) is 12.3. The number of aromatic nitrogens is 1. The third-order valence-electron chi connectivity index (χ3n) is 4.02. The number of ether oxygens (including phenoxy) is 2. The van der Waals surface area contributed by atoms with Gasteiger partial charge < -0.3 is 9.47 Å². The Hall–Kier alpha value is -2.62. The lowest BCUT2D eigenvalue weighted by molar-refractivity contribution is -0.659. The van der Waals surface area contributed by atoms with Gasteiger partial charge in [0, 0.05) is 11.5 Å². The molecule has 3 aromatic rings. The zero-order chi connectivity index (χ0) is 18.2. The highest BCUT2D eigenvalue weighted by molar-refractivity contribution is 6.04. The van der Waals surface area contributed by atoms with Crippen molar-refractivity contribution in [2.45, 2.75) is 39.8 Å². The van der Waals surface area contributed by atoms with Crippen LogP contribution in [0.3, 0.4) is 0 Å². The SMILES string of the molecule is COc1ccc2c(c1)c[n+](CC(=O)OC(C)(C)C)c1ccc(C)cc21. The maximum atomic E-state index is 12.3. The molecule has 0 aliphatic carbocycles. The first-order chi connectivity index (χ1) is 11.8. The van der Waals surface area contributed by atoms with Gasteiger partial charge in [-0.05, 0) is 52.0 Å². The second-order valence-corrected chi connectivity index (χ2v) is 7.32. The second-order valence-electron chi connectivity index (χ2n) is 7.32. The van der Waals surface area contributed by atoms with Crippen molar-refractivity contribution in [1.29, 1.82) is 0 Å². The van der Waals surface area contributed by atoms with Gasteiger partial charge in [0.05, 0.1) is 17.9 Å². The lowest BCUT2D eigenvalue weighted by Gasteiger charge is -2.18. The van der Waals surface area contributed by atoms with E-state index in [1.165, 1.54) is 5.56 Å². The summed E-state index contributed by atoms with van der Waals surface area (Å²) in [5, 5.41) is 3.28. The fraction of sp³-hybridized carbons (Fsp3) is 0.333. The summed E-state index contributed by atoms with van der Waals surface area (Å²) in [7, 11) is 1.65. The average molecular weight is 338 g/mol. The van der Waals surface area contributed by atoms with Crippen molar-refractivity contribution in [3.63, 3.8) is 0 Å². The lowest BCUT2D eigenvalue weighted by atomic mass is 10.0. The van der Waals surface area contributed by atoms with E-state index < -0.39 is 5.60 Å². The van der Waals surface area contributed by atoms with Gasteiger partial charge in [-0.25, -0.2) is 4.79 Å². The number of carbonyl (C=O) groups is 1. The maximum Gasteiger partial charge on any atom is 0.373 e. The van der Waals surface area contributed by atoms with Gasteiger partial charge in [-0.3, -0.25) is 0 Å². The van der Waals surface area contributed by atoms with Crippen LogP contribution in [0.25, 0.3) is 21.7 Å². The van der Waals surface area contributed by atoms with Gasteiger partial charge in [0.25, 0.3) is 0 Å². The van der Waals surface area contributed by atoms with Crippen LogP contribution in [0.1, 0.15) is 26.3 Å². The minimum atomic E-state index is -0.496. The molecule has 25 heavy (non-hydrogen) atoms. The highest BCUT2D eigenvalue weighted by Gasteiger charge is 2.22. The number of benzene rings is 2. The Morgan fingerprint density at radius 1 is 1.08 bits per heavy atom. The molecule has 3 rings (SSSR count). The van der Waals surface area contributed by atoms with Gasteiger partial charge >= 0.3 is 5.97 Å². The fourth-order valence-corrected chi connectivity index (χ4v) is 3.02. The van der Waals surface area contributed by atoms with Crippen LogP contribution in [0.4, 0.5) is 0 Å². The molecule has 130 valence electrons. The fourth-order valence-electron chi connectivity index (χ4n) is 3.02. The highest BCUT2D eigenvalue weighted by atomic mass is 16.6. The zero-order valence-corrected chi connectivity index (χ0v) is 15.4. The molecule has 0 radical (unpaired) electrons. The van der Waals surface area contributed by atoms with Crippen LogP contribution in [0.5, 0.6) is 5.75 Å². The summed E-state index contributed by atoms with van der Waals surface area (Å²) in [6, 6.07) is 12.3. The molecule has 0 aliphatic rings. The van der Waals surface area contributed by atoms with Gasteiger partial charge in [0.15, 0.2) is 6.20 Å². The average Bonchev–Trinajstić information content (AvgIpc) is 2.52. The van der Waals surface area contributed by atoms with E-state index in [-0.39, 0.29) is 12.5 Å². The summed E-state index contributed by atoms with van der Waals surface area (Å²) in [6.45, 7) is 7.87. The molecule has 2 aromatic carbocycles. The number of hydrogen-bond donors (Lipinski definition) is 0. The zero-order valence-electron chi connectivity index (χ0n) is 15.4. The summed E-state index contributed by atoms with van der Waals surface area (Å²) in [5.74, 6) is 0.546. The Balaban J connectivity index is 2.16. The minimum absolute atomic E-state index is 0.171. The van der Waals surface area contributed by atoms with Crippen LogP contribution < -0.4 is 9.30 Å². The summed E-state index contributed by atoms with van der Waals surface area (Å²) in [6.07, 6.45) is 1.99. The molecule has 0 saturated carbocycles. The smallest absolute Gasteiger partial charge is 0.373 e. The molecular weight excluding hydrogens is 314 g/mol. The molecule has 0 amide bonds. The normalized spacial score (nSPS) is 11.7. The number of methoxy groups -OCH3 is 1. The first-order valence-electron chi connectivity index (χ1n) is 8.39. The quantitative estimate of drug-likeness (QED) is 0.412. The molecule has 0 aliphatic heterocycles. The van der Waals surface area contributed by atoms with Crippen LogP contribution in [0.15, 0.2) is 42.6 Å². The van der Waals surface area contributed by atoms with Crippen molar-refractivity contribution in [3.8, 4) is 5.75 Å². The number of fused-ring (bicyclic) bond motifs is 3. The number of aryl methyl sites for hydroxylation is 1. The Morgan fingerprint density at radius 2 is 1.84 bits per heavy atom. The summed E-state index contributed by atoms with van der Waals surface area (Å²) >= 11 is 0. The topological polar surface area (TPSA) is 39.4 Å². The molecule has 1 aromatic heterocycles. The molecule has 0 atom stereocenters.